The SMILES string of the molecule is COc1c(O)ccc(C)c1C1(N)CC1. The van der Waals surface area contributed by atoms with Crippen LogP contribution in [0.25, 0.3) is 0 Å². The van der Waals surface area contributed by atoms with Crippen molar-refractivity contribution in [2.24, 2.45) is 5.73 Å². The highest BCUT2D eigenvalue weighted by Gasteiger charge is 2.43. The molecule has 3 heteroatoms. The van der Waals surface area contributed by atoms with Crippen molar-refractivity contribution in [3.63, 3.8) is 0 Å². The third-order valence-electron chi connectivity index (χ3n) is 2.84. The lowest BCUT2D eigenvalue weighted by Crippen LogP contribution is -2.21. The molecule has 3 N–H and O–H groups in total. The smallest absolute Gasteiger partial charge is 0.165 e. The molecule has 0 unspecified atom stereocenters. The fourth-order valence-corrected chi connectivity index (χ4v) is 1.88. The minimum atomic E-state index is -0.270. The van der Waals surface area contributed by atoms with Crippen molar-refractivity contribution < 1.29 is 9.84 Å². The Labute approximate surface area is 83.5 Å². The van der Waals surface area contributed by atoms with Crippen molar-refractivity contribution in [2.45, 2.75) is 25.3 Å². The second-order valence-corrected chi connectivity index (χ2v) is 3.97. The van der Waals surface area contributed by atoms with Gasteiger partial charge in [-0.2, -0.15) is 0 Å². The molecule has 0 spiro atoms. The third-order valence-corrected chi connectivity index (χ3v) is 2.84. The molecule has 1 aromatic carbocycles. The Kier molecular flexibility index (Phi) is 1.93. The molecular formula is C11H15NO2. The molecule has 76 valence electrons. The predicted octanol–water partition coefficient (Wildman–Crippen LogP) is 1.66. The molecule has 0 radical (unpaired) electrons. The maximum Gasteiger partial charge on any atom is 0.165 e. The molecule has 1 aromatic rings. The van der Waals surface area contributed by atoms with E-state index in [1.165, 1.54) is 0 Å². The first-order valence-corrected chi connectivity index (χ1v) is 4.74. The van der Waals surface area contributed by atoms with Gasteiger partial charge in [-0.25, -0.2) is 0 Å². The predicted molar refractivity (Wildman–Crippen MR) is 54.5 cm³/mol. The van der Waals surface area contributed by atoms with E-state index in [0.717, 1.165) is 24.0 Å². The van der Waals surface area contributed by atoms with E-state index in [4.69, 9.17) is 10.5 Å². The van der Waals surface area contributed by atoms with Crippen LogP contribution in [0.5, 0.6) is 11.5 Å². The Hall–Kier alpha value is -1.22. The van der Waals surface area contributed by atoms with Gasteiger partial charge in [0, 0.05) is 11.1 Å². The summed E-state index contributed by atoms with van der Waals surface area (Å²) in [5.74, 6) is 0.704. The lowest BCUT2D eigenvalue weighted by Gasteiger charge is -2.17. The molecule has 14 heavy (non-hydrogen) atoms. The summed E-state index contributed by atoms with van der Waals surface area (Å²) in [6.45, 7) is 1.99. The number of phenols is 1. The standard InChI is InChI=1S/C11H15NO2/c1-7-3-4-8(13)10(14-2)9(7)11(12)5-6-11/h3-4,13H,5-6,12H2,1-2H3. The molecule has 0 amide bonds. The average molecular weight is 193 g/mol. The van der Waals surface area contributed by atoms with Crippen molar-refractivity contribution in [3.8, 4) is 11.5 Å². The molecule has 1 aliphatic rings. The van der Waals surface area contributed by atoms with Crippen LogP contribution in [0, 0.1) is 6.92 Å². The van der Waals surface area contributed by atoms with Crippen molar-refractivity contribution in [1.82, 2.24) is 0 Å². The van der Waals surface area contributed by atoms with Crippen molar-refractivity contribution >= 4 is 0 Å². The van der Waals surface area contributed by atoms with Gasteiger partial charge in [0.05, 0.1) is 7.11 Å². The third kappa shape index (κ3) is 1.24. The van der Waals surface area contributed by atoms with Crippen LogP contribution in [0.4, 0.5) is 0 Å². The van der Waals surface area contributed by atoms with Crippen LogP contribution in [0.15, 0.2) is 12.1 Å². The van der Waals surface area contributed by atoms with E-state index in [1.807, 2.05) is 13.0 Å². The quantitative estimate of drug-likeness (QED) is 0.751. The molecule has 3 nitrogen and oxygen atoms in total. The van der Waals surface area contributed by atoms with Crippen LogP contribution in [-0.2, 0) is 5.54 Å². The molecule has 0 aliphatic heterocycles. The Morgan fingerprint density at radius 2 is 2.07 bits per heavy atom. The van der Waals surface area contributed by atoms with Crippen molar-refractivity contribution in [3.05, 3.63) is 23.3 Å². The van der Waals surface area contributed by atoms with E-state index in [-0.39, 0.29) is 11.3 Å². The molecular weight excluding hydrogens is 178 g/mol. The Bertz CT molecular complexity index is 370. The molecule has 0 aromatic heterocycles. The molecule has 1 saturated carbocycles. The molecule has 2 rings (SSSR count). The first kappa shape index (κ1) is 9.34. The summed E-state index contributed by atoms with van der Waals surface area (Å²) < 4.78 is 5.19. The van der Waals surface area contributed by atoms with Gasteiger partial charge >= 0.3 is 0 Å². The zero-order chi connectivity index (χ0) is 10.3. The van der Waals surface area contributed by atoms with Crippen LogP contribution in [0.3, 0.4) is 0 Å². The van der Waals surface area contributed by atoms with Gasteiger partial charge in [0.15, 0.2) is 11.5 Å². The monoisotopic (exact) mass is 193 g/mol. The van der Waals surface area contributed by atoms with E-state index in [0.29, 0.717) is 5.75 Å². The van der Waals surface area contributed by atoms with Gasteiger partial charge in [-0.15, -0.1) is 0 Å². The van der Waals surface area contributed by atoms with Gasteiger partial charge in [0.25, 0.3) is 0 Å². The summed E-state index contributed by atoms with van der Waals surface area (Å²) in [7, 11) is 1.56. The van der Waals surface area contributed by atoms with E-state index in [1.54, 1.807) is 13.2 Å². The zero-order valence-corrected chi connectivity index (χ0v) is 8.50. The van der Waals surface area contributed by atoms with Crippen molar-refractivity contribution in [2.75, 3.05) is 7.11 Å². The van der Waals surface area contributed by atoms with E-state index in [2.05, 4.69) is 0 Å². The first-order chi connectivity index (χ1) is 6.58. The number of hydrogen-bond acceptors (Lipinski definition) is 3. The van der Waals surface area contributed by atoms with Crippen LogP contribution >= 0.6 is 0 Å². The summed E-state index contributed by atoms with van der Waals surface area (Å²) in [5, 5.41) is 9.63. The van der Waals surface area contributed by atoms with Crippen LogP contribution in [0.2, 0.25) is 0 Å². The lowest BCUT2D eigenvalue weighted by atomic mass is 9.98. The largest absolute Gasteiger partial charge is 0.504 e. The number of ether oxygens (including phenoxy) is 1. The molecule has 0 atom stereocenters. The summed E-state index contributed by atoms with van der Waals surface area (Å²) in [5.41, 5.74) is 7.89. The van der Waals surface area contributed by atoms with Gasteiger partial charge in [-0.05, 0) is 31.4 Å². The van der Waals surface area contributed by atoms with Crippen LogP contribution in [0.1, 0.15) is 24.0 Å². The van der Waals surface area contributed by atoms with Crippen molar-refractivity contribution in [1.29, 1.82) is 0 Å². The van der Waals surface area contributed by atoms with E-state index in [9.17, 15) is 5.11 Å². The minimum Gasteiger partial charge on any atom is -0.504 e. The summed E-state index contributed by atoms with van der Waals surface area (Å²) >= 11 is 0. The molecule has 0 heterocycles. The summed E-state index contributed by atoms with van der Waals surface area (Å²) in [4.78, 5) is 0. The fourth-order valence-electron chi connectivity index (χ4n) is 1.88. The van der Waals surface area contributed by atoms with Gasteiger partial charge in [-0.3, -0.25) is 0 Å². The summed E-state index contributed by atoms with van der Waals surface area (Å²) in [6.07, 6.45) is 1.93. The second kappa shape index (κ2) is 2.89. The number of benzene rings is 1. The lowest BCUT2D eigenvalue weighted by molar-refractivity contribution is 0.364. The highest BCUT2D eigenvalue weighted by molar-refractivity contribution is 5.54. The maximum absolute atomic E-state index is 9.63. The van der Waals surface area contributed by atoms with Crippen LogP contribution < -0.4 is 10.5 Å². The Morgan fingerprint density at radius 1 is 1.43 bits per heavy atom. The number of nitrogens with two attached hydrogens (primary N) is 1. The zero-order valence-electron chi connectivity index (χ0n) is 8.50. The number of phenolic OH excluding ortho intramolecular Hbond substituents is 1. The highest BCUT2D eigenvalue weighted by Crippen LogP contribution is 2.50. The average Bonchev–Trinajstić information content (AvgIpc) is 2.88. The first-order valence-electron chi connectivity index (χ1n) is 4.74. The number of hydrogen-bond donors (Lipinski definition) is 2. The topological polar surface area (TPSA) is 55.5 Å². The molecule has 0 saturated heterocycles. The van der Waals surface area contributed by atoms with Gasteiger partial charge in [0.2, 0.25) is 0 Å². The van der Waals surface area contributed by atoms with Gasteiger partial charge in [0.1, 0.15) is 0 Å². The molecule has 1 aliphatic carbocycles. The van der Waals surface area contributed by atoms with E-state index >= 15 is 0 Å². The van der Waals surface area contributed by atoms with E-state index < -0.39 is 0 Å². The highest BCUT2D eigenvalue weighted by atomic mass is 16.5. The fraction of sp³-hybridized carbons (Fsp3) is 0.455. The number of rotatable bonds is 2. The second-order valence-electron chi connectivity index (χ2n) is 3.97. The minimum absolute atomic E-state index is 0.171. The van der Waals surface area contributed by atoms with Crippen LogP contribution in [-0.4, -0.2) is 12.2 Å². The molecule has 1 fully saturated rings. The Balaban J connectivity index is 2.60. The maximum atomic E-state index is 9.63. The van der Waals surface area contributed by atoms with Gasteiger partial charge in [-0.1, -0.05) is 6.07 Å². The number of aromatic hydroxyl groups is 1. The normalized spacial score (nSPS) is 17.9. The number of methoxy groups -OCH3 is 1. The number of aryl methyl sites for hydroxylation is 1. The Morgan fingerprint density at radius 3 is 2.57 bits per heavy atom. The van der Waals surface area contributed by atoms with Gasteiger partial charge < -0.3 is 15.6 Å². The summed E-state index contributed by atoms with van der Waals surface area (Å²) in [6, 6.07) is 3.52. The molecule has 0 bridgehead atoms.